The fourth-order valence-electron chi connectivity index (χ4n) is 1.57. The molecule has 0 aromatic carbocycles. The molecular formula is C9H16N2O3. The van der Waals surface area contributed by atoms with Crippen molar-refractivity contribution in [1.29, 1.82) is 0 Å². The maximum atomic E-state index is 11.2. The summed E-state index contributed by atoms with van der Waals surface area (Å²) in [5.74, 6) is -0.745. The van der Waals surface area contributed by atoms with E-state index in [2.05, 4.69) is 5.32 Å². The molecular weight excluding hydrogens is 184 g/mol. The number of carboxylic acids is 1. The molecule has 1 fully saturated rings. The van der Waals surface area contributed by atoms with E-state index >= 15 is 0 Å². The maximum Gasteiger partial charge on any atom is 0.303 e. The lowest BCUT2D eigenvalue weighted by Gasteiger charge is -2.32. The second kappa shape index (κ2) is 4.95. The van der Waals surface area contributed by atoms with Crippen LogP contribution in [0.3, 0.4) is 0 Å². The number of nitrogens with one attached hydrogen (secondary N) is 1. The first-order valence-electron chi connectivity index (χ1n) is 4.85. The van der Waals surface area contributed by atoms with Gasteiger partial charge in [-0.05, 0) is 19.9 Å². The highest BCUT2D eigenvalue weighted by Crippen LogP contribution is 2.05. The zero-order valence-electron chi connectivity index (χ0n) is 8.32. The molecule has 1 unspecified atom stereocenters. The molecule has 1 atom stereocenters. The third-order valence-corrected chi connectivity index (χ3v) is 2.46. The van der Waals surface area contributed by atoms with Crippen LogP contribution in [-0.2, 0) is 9.59 Å². The average Bonchev–Trinajstić information content (AvgIpc) is 2.12. The van der Waals surface area contributed by atoms with Crippen LogP contribution in [0.15, 0.2) is 0 Å². The van der Waals surface area contributed by atoms with Gasteiger partial charge >= 0.3 is 5.97 Å². The standard InChI is InChI=1S/C9H16N2O3/c1-7-9(14)10-4-6-11(7)5-2-3-8(12)13/h7H,2-6H2,1H3,(H,10,14)(H,12,13). The maximum absolute atomic E-state index is 11.2. The molecule has 1 aliphatic heterocycles. The minimum Gasteiger partial charge on any atom is -0.481 e. The number of carbonyl (C=O) groups excluding carboxylic acids is 1. The van der Waals surface area contributed by atoms with E-state index in [1.54, 1.807) is 0 Å². The summed E-state index contributed by atoms with van der Waals surface area (Å²) in [6.07, 6.45) is 0.776. The normalized spacial score (nSPS) is 23.2. The van der Waals surface area contributed by atoms with Crippen molar-refractivity contribution in [2.24, 2.45) is 0 Å². The highest BCUT2D eigenvalue weighted by Gasteiger charge is 2.24. The fourth-order valence-corrected chi connectivity index (χ4v) is 1.57. The Labute approximate surface area is 83.1 Å². The van der Waals surface area contributed by atoms with Gasteiger partial charge in [0.1, 0.15) is 0 Å². The van der Waals surface area contributed by atoms with E-state index in [1.807, 2.05) is 11.8 Å². The van der Waals surface area contributed by atoms with Gasteiger partial charge in [-0.1, -0.05) is 0 Å². The predicted octanol–water partition coefficient (Wildman–Crippen LogP) is -0.328. The number of piperazine rings is 1. The molecule has 5 heteroatoms. The Hall–Kier alpha value is -1.10. The molecule has 80 valence electrons. The van der Waals surface area contributed by atoms with E-state index < -0.39 is 5.97 Å². The molecule has 0 saturated carbocycles. The van der Waals surface area contributed by atoms with E-state index in [0.717, 1.165) is 6.54 Å². The molecule has 0 radical (unpaired) electrons. The largest absolute Gasteiger partial charge is 0.481 e. The second-order valence-electron chi connectivity index (χ2n) is 3.50. The average molecular weight is 200 g/mol. The summed E-state index contributed by atoms with van der Waals surface area (Å²) in [6.45, 7) is 4.00. The molecule has 0 spiro atoms. The van der Waals surface area contributed by atoms with Gasteiger partial charge < -0.3 is 10.4 Å². The van der Waals surface area contributed by atoms with Crippen molar-refractivity contribution < 1.29 is 14.7 Å². The topological polar surface area (TPSA) is 69.6 Å². The van der Waals surface area contributed by atoms with Crippen molar-refractivity contribution >= 4 is 11.9 Å². The predicted molar refractivity (Wildman–Crippen MR) is 50.9 cm³/mol. The van der Waals surface area contributed by atoms with E-state index in [4.69, 9.17) is 5.11 Å². The van der Waals surface area contributed by atoms with Crippen molar-refractivity contribution in [3.63, 3.8) is 0 Å². The van der Waals surface area contributed by atoms with Crippen LogP contribution >= 0.6 is 0 Å². The number of rotatable bonds is 4. The van der Waals surface area contributed by atoms with Crippen LogP contribution in [-0.4, -0.2) is 47.6 Å². The Kier molecular flexibility index (Phi) is 3.88. The summed E-state index contributed by atoms with van der Waals surface area (Å²) in [7, 11) is 0. The molecule has 0 aliphatic carbocycles. The Morgan fingerprint density at radius 2 is 2.43 bits per heavy atom. The SMILES string of the molecule is CC1C(=O)NCCN1CCCC(=O)O. The molecule has 1 rings (SSSR count). The zero-order chi connectivity index (χ0) is 10.6. The van der Waals surface area contributed by atoms with Crippen molar-refractivity contribution in [3.05, 3.63) is 0 Å². The van der Waals surface area contributed by atoms with Crippen LogP contribution < -0.4 is 5.32 Å². The Morgan fingerprint density at radius 3 is 3.07 bits per heavy atom. The number of amides is 1. The molecule has 1 aliphatic rings. The molecule has 5 nitrogen and oxygen atoms in total. The van der Waals surface area contributed by atoms with Gasteiger partial charge in [-0.2, -0.15) is 0 Å². The van der Waals surface area contributed by atoms with Crippen LogP contribution in [0.2, 0.25) is 0 Å². The van der Waals surface area contributed by atoms with Gasteiger partial charge in [0, 0.05) is 19.5 Å². The summed E-state index contributed by atoms with van der Waals surface area (Å²) in [5, 5.41) is 11.2. The summed E-state index contributed by atoms with van der Waals surface area (Å²) >= 11 is 0. The second-order valence-corrected chi connectivity index (χ2v) is 3.50. The Balaban J connectivity index is 2.29. The van der Waals surface area contributed by atoms with Crippen molar-refractivity contribution in [1.82, 2.24) is 10.2 Å². The fraction of sp³-hybridized carbons (Fsp3) is 0.778. The first-order chi connectivity index (χ1) is 6.61. The van der Waals surface area contributed by atoms with Crippen LogP contribution in [0.25, 0.3) is 0 Å². The quantitative estimate of drug-likeness (QED) is 0.652. The molecule has 14 heavy (non-hydrogen) atoms. The minimum absolute atomic E-state index is 0.0339. The third kappa shape index (κ3) is 2.99. The van der Waals surface area contributed by atoms with E-state index in [1.165, 1.54) is 0 Å². The number of nitrogens with zero attached hydrogens (tertiary/aromatic N) is 1. The number of hydrogen-bond donors (Lipinski definition) is 2. The van der Waals surface area contributed by atoms with Crippen molar-refractivity contribution in [3.8, 4) is 0 Å². The number of carboxylic acid groups (broad SMARTS) is 1. The third-order valence-electron chi connectivity index (χ3n) is 2.46. The lowest BCUT2D eigenvalue weighted by atomic mass is 10.2. The summed E-state index contributed by atoms with van der Waals surface area (Å²) in [4.78, 5) is 23.5. The number of aliphatic carboxylic acids is 1. The Bertz CT molecular complexity index is 230. The van der Waals surface area contributed by atoms with Gasteiger partial charge in [0.15, 0.2) is 0 Å². The van der Waals surface area contributed by atoms with Gasteiger partial charge in [0.05, 0.1) is 6.04 Å². The molecule has 1 heterocycles. The van der Waals surface area contributed by atoms with E-state index in [0.29, 0.717) is 19.5 Å². The first-order valence-corrected chi connectivity index (χ1v) is 4.85. The Morgan fingerprint density at radius 1 is 1.71 bits per heavy atom. The van der Waals surface area contributed by atoms with Crippen molar-refractivity contribution in [2.45, 2.75) is 25.8 Å². The number of carbonyl (C=O) groups is 2. The summed E-state index contributed by atoms with van der Waals surface area (Å²) < 4.78 is 0. The summed E-state index contributed by atoms with van der Waals surface area (Å²) in [6, 6.07) is -0.127. The van der Waals surface area contributed by atoms with Crippen LogP contribution in [0, 0.1) is 0 Å². The minimum atomic E-state index is -0.779. The summed E-state index contributed by atoms with van der Waals surface area (Å²) in [5.41, 5.74) is 0. The van der Waals surface area contributed by atoms with Gasteiger partial charge in [-0.15, -0.1) is 0 Å². The van der Waals surface area contributed by atoms with Gasteiger partial charge in [-0.3, -0.25) is 14.5 Å². The van der Waals surface area contributed by atoms with Gasteiger partial charge in [0.25, 0.3) is 0 Å². The van der Waals surface area contributed by atoms with Crippen molar-refractivity contribution in [2.75, 3.05) is 19.6 Å². The van der Waals surface area contributed by atoms with Crippen LogP contribution in [0.1, 0.15) is 19.8 Å². The molecule has 1 saturated heterocycles. The van der Waals surface area contributed by atoms with E-state index in [-0.39, 0.29) is 18.4 Å². The lowest BCUT2D eigenvalue weighted by molar-refractivity contribution is -0.137. The zero-order valence-corrected chi connectivity index (χ0v) is 8.32. The van der Waals surface area contributed by atoms with Crippen LogP contribution in [0.5, 0.6) is 0 Å². The van der Waals surface area contributed by atoms with Gasteiger partial charge in [-0.25, -0.2) is 0 Å². The highest BCUT2D eigenvalue weighted by atomic mass is 16.4. The first kappa shape index (κ1) is 11.0. The molecule has 0 bridgehead atoms. The smallest absolute Gasteiger partial charge is 0.303 e. The van der Waals surface area contributed by atoms with E-state index in [9.17, 15) is 9.59 Å². The lowest BCUT2D eigenvalue weighted by Crippen LogP contribution is -2.53. The molecule has 1 amide bonds. The molecule has 2 N–H and O–H groups in total. The van der Waals surface area contributed by atoms with Crippen LogP contribution in [0.4, 0.5) is 0 Å². The van der Waals surface area contributed by atoms with Gasteiger partial charge in [0.2, 0.25) is 5.91 Å². The number of hydrogen-bond acceptors (Lipinski definition) is 3. The monoisotopic (exact) mass is 200 g/mol. The molecule has 0 aromatic heterocycles. The molecule has 0 aromatic rings. The highest BCUT2D eigenvalue weighted by molar-refractivity contribution is 5.81.